The molecule has 6 heteroatoms. The molecule has 0 saturated carbocycles. The number of esters is 1. The van der Waals surface area contributed by atoms with E-state index >= 15 is 0 Å². The first-order valence-corrected chi connectivity index (χ1v) is 10.1. The first-order valence-electron chi connectivity index (χ1n) is 10.1. The first-order chi connectivity index (χ1) is 14.0. The van der Waals surface area contributed by atoms with E-state index in [-0.39, 0.29) is 18.4 Å². The minimum absolute atomic E-state index is 0.284. The van der Waals surface area contributed by atoms with Gasteiger partial charge in [-0.05, 0) is 29.7 Å². The summed E-state index contributed by atoms with van der Waals surface area (Å²) in [6, 6.07) is 15.0. The van der Waals surface area contributed by atoms with Crippen molar-refractivity contribution in [1.29, 1.82) is 0 Å². The number of benzene rings is 2. The molecule has 154 valence electrons. The van der Waals surface area contributed by atoms with Gasteiger partial charge in [-0.25, -0.2) is 4.79 Å². The molecule has 1 amide bonds. The zero-order valence-electron chi connectivity index (χ0n) is 17.1. The highest BCUT2D eigenvalue weighted by molar-refractivity contribution is 5.96. The number of amides is 1. The molecule has 6 nitrogen and oxygen atoms in total. The Morgan fingerprint density at radius 1 is 1.07 bits per heavy atom. The van der Waals surface area contributed by atoms with Gasteiger partial charge in [0.25, 0.3) is 5.91 Å². The van der Waals surface area contributed by atoms with E-state index in [1.165, 1.54) is 10.5 Å². The molecule has 2 aromatic carbocycles. The van der Waals surface area contributed by atoms with Crippen LogP contribution >= 0.6 is 0 Å². The molecule has 0 atom stereocenters. The summed E-state index contributed by atoms with van der Waals surface area (Å²) in [5.74, 6) is -0.562. The van der Waals surface area contributed by atoms with E-state index in [0.717, 1.165) is 44.1 Å². The second kappa shape index (κ2) is 10.2. The maximum atomic E-state index is 12.3. The second-order valence-corrected chi connectivity index (χ2v) is 7.60. The molecule has 29 heavy (non-hydrogen) atoms. The van der Waals surface area contributed by atoms with Crippen molar-refractivity contribution in [3.8, 4) is 0 Å². The summed E-state index contributed by atoms with van der Waals surface area (Å²) in [6.45, 7) is 8.32. The number of carbonyl (C=O) groups excluding carboxylic acids is 2. The SMILES string of the molecule is CC(C)c1ccccc1NC(=O)COC(=O)c1ccc(C[NH+]2CCOCC2)cc1. The molecule has 2 aromatic rings. The van der Waals surface area contributed by atoms with Crippen molar-refractivity contribution in [2.24, 2.45) is 0 Å². The Morgan fingerprint density at radius 3 is 2.45 bits per heavy atom. The highest BCUT2D eigenvalue weighted by Gasteiger charge is 2.16. The van der Waals surface area contributed by atoms with E-state index in [0.29, 0.717) is 5.56 Å². The summed E-state index contributed by atoms with van der Waals surface area (Å²) in [5, 5.41) is 2.82. The minimum atomic E-state index is -0.498. The van der Waals surface area contributed by atoms with E-state index in [1.807, 2.05) is 36.4 Å². The Balaban J connectivity index is 1.49. The Hall–Kier alpha value is -2.70. The van der Waals surface area contributed by atoms with Crippen LogP contribution in [0.2, 0.25) is 0 Å². The molecule has 2 N–H and O–H groups in total. The van der Waals surface area contributed by atoms with E-state index in [1.54, 1.807) is 12.1 Å². The minimum Gasteiger partial charge on any atom is -0.452 e. The van der Waals surface area contributed by atoms with Gasteiger partial charge in [-0.3, -0.25) is 4.79 Å². The lowest BCUT2D eigenvalue weighted by molar-refractivity contribution is -0.921. The van der Waals surface area contributed by atoms with Crippen molar-refractivity contribution >= 4 is 17.6 Å². The van der Waals surface area contributed by atoms with Crippen molar-refractivity contribution in [2.45, 2.75) is 26.3 Å². The number of quaternary nitrogens is 1. The topological polar surface area (TPSA) is 69.1 Å². The predicted octanol–water partition coefficient (Wildman–Crippen LogP) is 2.02. The largest absolute Gasteiger partial charge is 0.452 e. The molecule has 0 bridgehead atoms. The van der Waals surface area contributed by atoms with E-state index in [2.05, 4.69) is 19.2 Å². The van der Waals surface area contributed by atoms with Gasteiger partial charge in [-0.1, -0.05) is 44.2 Å². The van der Waals surface area contributed by atoms with Crippen LogP contribution < -0.4 is 10.2 Å². The van der Waals surface area contributed by atoms with Gasteiger partial charge in [0.05, 0.1) is 18.8 Å². The summed E-state index contributed by atoms with van der Waals surface area (Å²) in [4.78, 5) is 25.9. The molecule has 1 heterocycles. The molecule has 1 aliphatic rings. The highest BCUT2D eigenvalue weighted by atomic mass is 16.5. The molecular weight excluding hydrogens is 368 g/mol. The quantitative estimate of drug-likeness (QED) is 0.702. The monoisotopic (exact) mass is 397 g/mol. The van der Waals surface area contributed by atoms with E-state index < -0.39 is 5.97 Å². The number of hydrogen-bond acceptors (Lipinski definition) is 4. The number of ether oxygens (including phenoxy) is 2. The van der Waals surface area contributed by atoms with Gasteiger partial charge in [0.1, 0.15) is 19.6 Å². The summed E-state index contributed by atoms with van der Waals surface area (Å²) in [7, 11) is 0. The Bertz CT molecular complexity index is 827. The third-order valence-corrected chi connectivity index (χ3v) is 5.03. The van der Waals surface area contributed by atoms with Crippen LogP contribution in [0.4, 0.5) is 5.69 Å². The third kappa shape index (κ3) is 6.14. The van der Waals surface area contributed by atoms with Gasteiger partial charge in [0, 0.05) is 11.3 Å². The number of nitrogens with one attached hydrogen (secondary N) is 2. The van der Waals surface area contributed by atoms with Crippen LogP contribution in [0.3, 0.4) is 0 Å². The van der Waals surface area contributed by atoms with E-state index in [9.17, 15) is 9.59 Å². The molecule has 3 rings (SSSR count). The zero-order valence-corrected chi connectivity index (χ0v) is 17.1. The predicted molar refractivity (Wildman–Crippen MR) is 111 cm³/mol. The van der Waals surface area contributed by atoms with Gasteiger partial charge in [-0.2, -0.15) is 0 Å². The fourth-order valence-electron chi connectivity index (χ4n) is 3.40. The van der Waals surface area contributed by atoms with Crippen LogP contribution in [0, 0.1) is 0 Å². The van der Waals surface area contributed by atoms with Gasteiger partial charge < -0.3 is 19.7 Å². The molecule has 0 unspecified atom stereocenters. The van der Waals surface area contributed by atoms with Crippen LogP contribution in [0.25, 0.3) is 0 Å². The summed E-state index contributed by atoms with van der Waals surface area (Å²) in [6.07, 6.45) is 0. The average molecular weight is 397 g/mol. The lowest BCUT2D eigenvalue weighted by atomic mass is 10.0. The van der Waals surface area contributed by atoms with E-state index in [4.69, 9.17) is 9.47 Å². The van der Waals surface area contributed by atoms with Crippen molar-refractivity contribution < 1.29 is 24.0 Å². The molecule has 1 saturated heterocycles. The van der Waals surface area contributed by atoms with Crippen molar-refractivity contribution in [3.05, 3.63) is 65.2 Å². The standard InChI is InChI=1S/C23H28N2O4/c1-17(2)20-5-3-4-6-21(20)24-22(26)16-29-23(27)19-9-7-18(8-10-19)15-25-11-13-28-14-12-25/h3-10,17H,11-16H2,1-2H3,(H,24,26)/p+1. The summed E-state index contributed by atoms with van der Waals surface area (Å²) in [5.41, 5.74) is 3.41. The van der Waals surface area contributed by atoms with Crippen molar-refractivity contribution in [2.75, 3.05) is 38.2 Å². The smallest absolute Gasteiger partial charge is 0.338 e. The van der Waals surface area contributed by atoms with Gasteiger partial charge in [0.15, 0.2) is 6.61 Å². The molecule has 1 fully saturated rings. The fourth-order valence-corrected chi connectivity index (χ4v) is 3.40. The molecular formula is C23H29N2O4+. The van der Waals surface area contributed by atoms with Gasteiger partial charge in [0.2, 0.25) is 0 Å². The maximum absolute atomic E-state index is 12.3. The molecule has 0 radical (unpaired) electrons. The van der Waals surface area contributed by atoms with Crippen LogP contribution in [-0.4, -0.2) is 44.8 Å². The number of morpholine rings is 1. The first kappa shape index (κ1) is 21.0. The lowest BCUT2D eigenvalue weighted by Crippen LogP contribution is -3.12. The van der Waals surface area contributed by atoms with Crippen LogP contribution in [0.5, 0.6) is 0 Å². The molecule has 0 spiro atoms. The summed E-state index contributed by atoms with van der Waals surface area (Å²) >= 11 is 0. The maximum Gasteiger partial charge on any atom is 0.338 e. The average Bonchev–Trinajstić information content (AvgIpc) is 2.73. The number of anilines is 1. The summed E-state index contributed by atoms with van der Waals surface area (Å²) < 4.78 is 10.6. The number of carbonyl (C=O) groups is 2. The van der Waals surface area contributed by atoms with Crippen molar-refractivity contribution in [1.82, 2.24) is 0 Å². The number of rotatable bonds is 7. The van der Waals surface area contributed by atoms with Gasteiger partial charge >= 0.3 is 5.97 Å². The third-order valence-electron chi connectivity index (χ3n) is 5.03. The second-order valence-electron chi connectivity index (χ2n) is 7.60. The fraction of sp³-hybridized carbons (Fsp3) is 0.391. The highest BCUT2D eigenvalue weighted by Crippen LogP contribution is 2.23. The molecule has 0 aliphatic carbocycles. The molecule has 0 aromatic heterocycles. The number of hydrogen-bond donors (Lipinski definition) is 2. The number of para-hydroxylation sites is 1. The Morgan fingerprint density at radius 2 is 1.76 bits per heavy atom. The van der Waals surface area contributed by atoms with Crippen LogP contribution in [-0.2, 0) is 20.8 Å². The Kier molecular flexibility index (Phi) is 7.38. The van der Waals surface area contributed by atoms with Gasteiger partial charge in [-0.15, -0.1) is 0 Å². The normalized spacial score (nSPS) is 14.6. The van der Waals surface area contributed by atoms with Crippen LogP contribution in [0.15, 0.2) is 48.5 Å². The lowest BCUT2D eigenvalue weighted by Gasteiger charge is -2.23. The zero-order chi connectivity index (χ0) is 20.6. The molecule has 1 aliphatic heterocycles. The van der Waals surface area contributed by atoms with Crippen LogP contribution in [0.1, 0.15) is 41.3 Å². The van der Waals surface area contributed by atoms with Crippen molar-refractivity contribution in [3.63, 3.8) is 0 Å². The Labute approximate surface area is 171 Å².